The van der Waals surface area contributed by atoms with Crippen molar-refractivity contribution in [2.45, 2.75) is 23.8 Å². The second kappa shape index (κ2) is 8.32. The summed E-state index contributed by atoms with van der Waals surface area (Å²) in [5, 5.41) is 11.8. The fraction of sp³-hybridized carbons (Fsp3) is 0.250. The minimum absolute atomic E-state index is 0.127. The highest BCUT2D eigenvalue weighted by Gasteiger charge is 2.38. The number of ether oxygens (including phenoxy) is 2. The van der Waals surface area contributed by atoms with Crippen molar-refractivity contribution in [1.29, 1.82) is 0 Å². The molecule has 12 heteroatoms. The molecule has 0 saturated carbocycles. The van der Waals surface area contributed by atoms with Gasteiger partial charge in [0.25, 0.3) is 5.91 Å². The molecule has 0 radical (unpaired) electrons. The number of carbonyl (C=O) groups is 1. The van der Waals surface area contributed by atoms with Crippen LogP contribution in [0, 0.1) is 0 Å². The Bertz CT molecular complexity index is 1300. The van der Waals surface area contributed by atoms with Crippen LogP contribution in [0.25, 0.3) is 0 Å². The molecule has 5 rings (SSSR count). The van der Waals surface area contributed by atoms with Crippen LogP contribution in [0.3, 0.4) is 0 Å². The van der Waals surface area contributed by atoms with Crippen LogP contribution in [0.5, 0.6) is 11.5 Å². The summed E-state index contributed by atoms with van der Waals surface area (Å²) in [6.07, 6.45) is 1.28. The maximum atomic E-state index is 13.2. The van der Waals surface area contributed by atoms with Crippen molar-refractivity contribution >= 4 is 44.6 Å². The van der Waals surface area contributed by atoms with Crippen molar-refractivity contribution in [1.82, 2.24) is 14.5 Å². The Labute approximate surface area is 193 Å². The molecule has 1 unspecified atom stereocenters. The van der Waals surface area contributed by atoms with Crippen LogP contribution >= 0.6 is 22.9 Å². The summed E-state index contributed by atoms with van der Waals surface area (Å²) < 4.78 is 38.3. The van der Waals surface area contributed by atoms with Crippen molar-refractivity contribution < 1.29 is 22.7 Å². The van der Waals surface area contributed by atoms with Gasteiger partial charge in [-0.1, -0.05) is 29.0 Å². The van der Waals surface area contributed by atoms with E-state index in [-0.39, 0.29) is 16.7 Å². The Morgan fingerprint density at radius 2 is 2.00 bits per heavy atom. The van der Waals surface area contributed by atoms with Crippen LogP contribution in [-0.4, -0.2) is 42.2 Å². The number of carbonyl (C=O) groups excluding carboxylic acids is 1. The van der Waals surface area contributed by atoms with Crippen molar-refractivity contribution in [3.63, 3.8) is 0 Å². The van der Waals surface area contributed by atoms with E-state index < -0.39 is 22.0 Å². The predicted octanol–water partition coefficient (Wildman–Crippen LogP) is 3.70. The molecule has 0 spiro atoms. The molecule has 1 fully saturated rings. The largest absolute Gasteiger partial charge is 0.454 e. The molecule has 32 heavy (non-hydrogen) atoms. The Morgan fingerprint density at radius 3 is 2.84 bits per heavy atom. The number of fused-ring (bicyclic) bond motifs is 1. The summed E-state index contributed by atoms with van der Waals surface area (Å²) in [5.41, 5.74) is 0.530. The zero-order valence-corrected chi connectivity index (χ0v) is 18.9. The molecule has 0 aliphatic carbocycles. The molecule has 3 heterocycles. The summed E-state index contributed by atoms with van der Waals surface area (Å²) >= 11 is 7.06. The topological polar surface area (TPSA) is 111 Å². The Kier molecular flexibility index (Phi) is 5.49. The first kappa shape index (κ1) is 21.1. The maximum absolute atomic E-state index is 13.2. The summed E-state index contributed by atoms with van der Waals surface area (Å²) in [6, 6.07) is 10.8. The van der Waals surface area contributed by atoms with Crippen LogP contribution in [-0.2, 0) is 10.0 Å². The third kappa shape index (κ3) is 3.92. The number of rotatable bonds is 5. The van der Waals surface area contributed by atoms with Crippen LogP contribution in [0.2, 0.25) is 5.02 Å². The monoisotopic (exact) mass is 492 g/mol. The van der Waals surface area contributed by atoms with Crippen LogP contribution in [0.1, 0.15) is 33.7 Å². The first-order valence-electron chi connectivity index (χ1n) is 9.73. The molecule has 1 atom stereocenters. The molecular formula is C20H17ClN4O5S2. The molecular weight excluding hydrogens is 476 g/mol. The van der Waals surface area contributed by atoms with Gasteiger partial charge in [-0.05, 0) is 43.2 Å². The molecule has 1 aromatic heterocycles. The normalized spacial score (nSPS) is 18.1. The van der Waals surface area contributed by atoms with Crippen LogP contribution in [0.4, 0.5) is 5.69 Å². The quantitative estimate of drug-likeness (QED) is 0.578. The second-order valence-electron chi connectivity index (χ2n) is 7.20. The fourth-order valence-corrected chi connectivity index (χ4v) is 6.57. The summed E-state index contributed by atoms with van der Waals surface area (Å²) in [5.74, 6) is 0.729. The Morgan fingerprint density at radius 1 is 1.16 bits per heavy atom. The van der Waals surface area contributed by atoms with E-state index in [4.69, 9.17) is 21.1 Å². The molecule has 2 aromatic carbocycles. The number of hydrogen-bond donors (Lipinski definition) is 1. The van der Waals surface area contributed by atoms with Gasteiger partial charge in [0.2, 0.25) is 21.8 Å². The van der Waals surface area contributed by atoms with E-state index >= 15 is 0 Å². The SMILES string of the molecule is O=C(Nc1ccc2c(c1)OCO2)c1nnc(C2CCCN2S(=O)(=O)c2cccc(Cl)c2)s1. The number of nitrogens with zero attached hydrogens (tertiary/aromatic N) is 3. The average Bonchev–Trinajstić information content (AvgIpc) is 3.53. The molecule has 1 N–H and O–H groups in total. The number of benzene rings is 2. The number of sulfonamides is 1. The lowest BCUT2D eigenvalue weighted by molar-refractivity contribution is 0.102. The molecule has 9 nitrogen and oxygen atoms in total. The van der Waals surface area contributed by atoms with Crippen molar-refractivity contribution in [2.75, 3.05) is 18.7 Å². The lowest BCUT2D eigenvalue weighted by Crippen LogP contribution is -2.30. The molecule has 2 aliphatic rings. The summed E-state index contributed by atoms with van der Waals surface area (Å²) in [4.78, 5) is 12.8. The van der Waals surface area contributed by atoms with Crippen LogP contribution in [0.15, 0.2) is 47.4 Å². The lowest BCUT2D eigenvalue weighted by atomic mass is 10.2. The van der Waals surface area contributed by atoms with E-state index in [2.05, 4.69) is 15.5 Å². The van der Waals surface area contributed by atoms with E-state index in [0.717, 1.165) is 11.3 Å². The highest BCUT2D eigenvalue weighted by Crippen LogP contribution is 2.38. The number of aromatic nitrogens is 2. The van der Waals surface area contributed by atoms with Gasteiger partial charge in [0.15, 0.2) is 11.5 Å². The Balaban J connectivity index is 1.35. The molecule has 0 bridgehead atoms. The Hall–Kier alpha value is -2.73. The van der Waals surface area contributed by atoms with E-state index in [1.807, 2.05) is 0 Å². The number of halogens is 1. The smallest absolute Gasteiger partial charge is 0.286 e. The van der Waals surface area contributed by atoms with Gasteiger partial charge in [0.05, 0.1) is 10.9 Å². The summed E-state index contributed by atoms with van der Waals surface area (Å²) in [7, 11) is -3.76. The predicted molar refractivity (Wildman–Crippen MR) is 118 cm³/mol. The summed E-state index contributed by atoms with van der Waals surface area (Å²) in [6.45, 7) is 0.500. The van der Waals surface area contributed by atoms with Gasteiger partial charge in [-0.25, -0.2) is 8.42 Å². The van der Waals surface area contributed by atoms with Gasteiger partial charge in [-0.15, -0.1) is 10.2 Å². The standard InChI is InChI=1S/C20H17ClN4O5S2/c21-12-3-1-4-14(9-12)32(27,28)25-8-2-5-15(25)19-23-24-20(31-19)18(26)22-13-6-7-16-17(10-13)30-11-29-16/h1,3-4,6-7,9-10,15H,2,5,8,11H2,(H,22,26). The highest BCUT2D eigenvalue weighted by molar-refractivity contribution is 7.89. The minimum atomic E-state index is -3.76. The first-order valence-corrected chi connectivity index (χ1v) is 12.4. The number of nitrogens with one attached hydrogen (secondary N) is 1. The van der Waals surface area contributed by atoms with Crippen molar-refractivity contribution in [2.24, 2.45) is 0 Å². The number of hydrogen-bond acceptors (Lipinski definition) is 8. The third-order valence-electron chi connectivity index (χ3n) is 5.16. The number of anilines is 1. The zero-order chi connectivity index (χ0) is 22.3. The van der Waals surface area contributed by atoms with E-state index in [1.54, 1.807) is 30.3 Å². The first-order chi connectivity index (χ1) is 15.4. The van der Waals surface area contributed by atoms with Gasteiger partial charge in [-0.3, -0.25) is 4.79 Å². The molecule has 2 aliphatic heterocycles. The number of amides is 1. The van der Waals surface area contributed by atoms with Gasteiger partial charge in [0.1, 0.15) is 5.01 Å². The van der Waals surface area contributed by atoms with Gasteiger partial charge in [-0.2, -0.15) is 4.31 Å². The zero-order valence-electron chi connectivity index (χ0n) is 16.5. The molecule has 1 saturated heterocycles. The fourth-order valence-electron chi connectivity index (χ4n) is 3.66. The highest BCUT2D eigenvalue weighted by atomic mass is 35.5. The maximum Gasteiger partial charge on any atom is 0.286 e. The van der Waals surface area contributed by atoms with Gasteiger partial charge < -0.3 is 14.8 Å². The van der Waals surface area contributed by atoms with Gasteiger partial charge >= 0.3 is 0 Å². The lowest BCUT2D eigenvalue weighted by Gasteiger charge is -2.22. The van der Waals surface area contributed by atoms with Crippen molar-refractivity contribution in [3.05, 3.63) is 57.5 Å². The third-order valence-corrected chi connectivity index (χ3v) is 8.32. The molecule has 166 valence electrons. The second-order valence-corrected chi connectivity index (χ2v) is 10.5. The minimum Gasteiger partial charge on any atom is -0.454 e. The van der Waals surface area contributed by atoms with Crippen LogP contribution < -0.4 is 14.8 Å². The van der Waals surface area contributed by atoms with Gasteiger partial charge in [0, 0.05) is 23.3 Å². The van der Waals surface area contributed by atoms with E-state index in [0.29, 0.717) is 46.6 Å². The average molecular weight is 493 g/mol. The van der Waals surface area contributed by atoms with E-state index in [1.165, 1.54) is 16.4 Å². The molecule has 1 amide bonds. The molecule has 3 aromatic rings. The van der Waals surface area contributed by atoms with E-state index in [9.17, 15) is 13.2 Å². The van der Waals surface area contributed by atoms with Crippen molar-refractivity contribution in [3.8, 4) is 11.5 Å².